The van der Waals surface area contributed by atoms with E-state index in [-0.39, 0.29) is 5.41 Å². The van der Waals surface area contributed by atoms with Gasteiger partial charge in [-0.3, -0.25) is 0 Å². The topological polar surface area (TPSA) is 35.2 Å². The van der Waals surface area contributed by atoms with Gasteiger partial charge in [-0.2, -0.15) is 0 Å². The van der Waals surface area contributed by atoms with E-state index in [9.17, 15) is 0 Å². The molecule has 1 aliphatic carbocycles. The van der Waals surface area contributed by atoms with Gasteiger partial charge in [-0.25, -0.2) is 0 Å². The highest BCUT2D eigenvalue weighted by atomic mass is 16.5. The van der Waals surface area contributed by atoms with Crippen LogP contribution in [-0.2, 0) is 5.41 Å². The van der Waals surface area contributed by atoms with Crippen molar-refractivity contribution in [3.8, 4) is 5.75 Å². The summed E-state index contributed by atoms with van der Waals surface area (Å²) in [5.74, 6) is 1.51. The fourth-order valence-corrected chi connectivity index (χ4v) is 2.55. The van der Waals surface area contributed by atoms with Gasteiger partial charge in [-0.15, -0.1) is 0 Å². The Labute approximate surface area is 91.4 Å². The molecule has 15 heavy (non-hydrogen) atoms. The maximum atomic E-state index is 6.09. The highest BCUT2D eigenvalue weighted by molar-refractivity contribution is 5.41. The molecule has 0 heterocycles. The van der Waals surface area contributed by atoms with E-state index in [1.807, 2.05) is 12.1 Å². The molecule has 2 N–H and O–H groups in total. The summed E-state index contributed by atoms with van der Waals surface area (Å²) in [5.41, 5.74) is 7.60. The Morgan fingerprint density at radius 3 is 2.60 bits per heavy atom. The van der Waals surface area contributed by atoms with Crippen molar-refractivity contribution in [1.29, 1.82) is 0 Å². The van der Waals surface area contributed by atoms with Gasteiger partial charge in [0.25, 0.3) is 0 Å². The number of hydrogen-bond acceptors (Lipinski definition) is 2. The lowest BCUT2D eigenvalue weighted by Gasteiger charge is -2.21. The average molecular weight is 205 g/mol. The van der Waals surface area contributed by atoms with Crippen molar-refractivity contribution in [2.75, 3.05) is 7.11 Å². The van der Waals surface area contributed by atoms with Crippen LogP contribution < -0.4 is 10.5 Å². The molecular weight excluding hydrogens is 186 g/mol. The first-order chi connectivity index (χ1) is 7.11. The van der Waals surface area contributed by atoms with Crippen molar-refractivity contribution in [3.63, 3.8) is 0 Å². The van der Waals surface area contributed by atoms with Crippen LogP contribution in [0.3, 0.4) is 0 Å². The third kappa shape index (κ3) is 1.53. The van der Waals surface area contributed by atoms with Crippen molar-refractivity contribution in [3.05, 3.63) is 29.8 Å². The summed E-state index contributed by atoms with van der Waals surface area (Å²) in [7, 11) is 1.70. The molecule has 0 radical (unpaired) electrons. The Bertz CT molecular complexity index is 361. The van der Waals surface area contributed by atoms with Gasteiger partial charge in [0, 0.05) is 11.5 Å². The zero-order valence-electron chi connectivity index (χ0n) is 9.66. The van der Waals surface area contributed by atoms with Gasteiger partial charge in [0.1, 0.15) is 5.75 Å². The van der Waals surface area contributed by atoms with Crippen molar-refractivity contribution >= 4 is 0 Å². The van der Waals surface area contributed by atoms with Crippen LogP contribution in [0.15, 0.2) is 24.3 Å². The van der Waals surface area contributed by atoms with Gasteiger partial charge >= 0.3 is 0 Å². The third-order valence-corrected chi connectivity index (χ3v) is 3.70. The summed E-state index contributed by atoms with van der Waals surface area (Å²) in [6, 6.07) is 8.61. The Balaban J connectivity index is 2.36. The second-order valence-electron chi connectivity index (χ2n) is 4.74. The summed E-state index contributed by atoms with van der Waals surface area (Å²) in [4.78, 5) is 0. The molecule has 2 heteroatoms. The summed E-state index contributed by atoms with van der Waals surface area (Å²) in [6.07, 6.45) is 1.10. The minimum Gasteiger partial charge on any atom is -0.497 e. The molecule has 0 saturated heterocycles. The lowest BCUT2D eigenvalue weighted by Crippen LogP contribution is -2.24. The third-order valence-electron chi connectivity index (χ3n) is 3.70. The van der Waals surface area contributed by atoms with Crippen molar-refractivity contribution in [2.45, 2.75) is 31.7 Å². The van der Waals surface area contributed by atoms with Gasteiger partial charge in [0.05, 0.1) is 7.11 Å². The second-order valence-corrected chi connectivity index (χ2v) is 4.74. The molecule has 0 spiro atoms. The Morgan fingerprint density at radius 1 is 1.47 bits per heavy atom. The van der Waals surface area contributed by atoms with Crippen LogP contribution in [0.5, 0.6) is 5.75 Å². The molecule has 1 aliphatic rings. The number of hydrogen-bond donors (Lipinski definition) is 1. The molecule has 1 saturated carbocycles. The fraction of sp³-hybridized carbons (Fsp3) is 0.538. The predicted octanol–water partition coefficient (Wildman–Crippen LogP) is 2.32. The van der Waals surface area contributed by atoms with E-state index in [2.05, 4.69) is 26.0 Å². The van der Waals surface area contributed by atoms with Gasteiger partial charge in [0.15, 0.2) is 0 Å². The summed E-state index contributed by atoms with van der Waals surface area (Å²) in [5, 5.41) is 0. The number of benzene rings is 1. The van der Waals surface area contributed by atoms with Crippen LogP contribution in [0.25, 0.3) is 0 Å². The van der Waals surface area contributed by atoms with Crippen molar-refractivity contribution in [2.24, 2.45) is 11.7 Å². The highest BCUT2D eigenvalue weighted by Gasteiger charge is 2.55. The van der Waals surface area contributed by atoms with Gasteiger partial charge in [-0.05, 0) is 30.0 Å². The first-order valence-electron chi connectivity index (χ1n) is 5.51. The Hall–Kier alpha value is -1.02. The first kappa shape index (κ1) is 10.5. The minimum atomic E-state index is 0.189. The number of nitrogens with two attached hydrogens (primary N) is 1. The standard InChI is InChI=1S/C13H19NO/c1-9(2)13(8-12(13)14)10-5-4-6-11(7-10)15-3/h4-7,9,12H,8,14H2,1-3H3/t12-,13?/m1/s1. The lowest BCUT2D eigenvalue weighted by atomic mass is 9.84. The van der Waals surface area contributed by atoms with E-state index >= 15 is 0 Å². The highest BCUT2D eigenvalue weighted by Crippen LogP contribution is 2.53. The van der Waals surface area contributed by atoms with E-state index in [1.165, 1.54) is 5.56 Å². The Kier molecular flexibility index (Phi) is 2.47. The molecule has 0 amide bonds. The second kappa shape index (κ2) is 3.53. The first-order valence-corrected chi connectivity index (χ1v) is 5.51. The smallest absolute Gasteiger partial charge is 0.119 e. The number of ether oxygens (including phenoxy) is 1. The summed E-state index contributed by atoms with van der Waals surface area (Å²) < 4.78 is 5.25. The molecular formula is C13H19NO. The zero-order valence-corrected chi connectivity index (χ0v) is 9.66. The van der Waals surface area contributed by atoms with Crippen LogP contribution in [-0.4, -0.2) is 13.2 Å². The monoisotopic (exact) mass is 205 g/mol. The quantitative estimate of drug-likeness (QED) is 0.822. The molecule has 1 fully saturated rings. The van der Waals surface area contributed by atoms with Gasteiger partial charge < -0.3 is 10.5 Å². The van der Waals surface area contributed by atoms with Crippen LogP contribution >= 0.6 is 0 Å². The molecule has 0 aromatic heterocycles. The molecule has 2 nitrogen and oxygen atoms in total. The molecule has 1 aromatic carbocycles. The maximum Gasteiger partial charge on any atom is 0.119 e. The van der Waals surface area contributed by atoms with Crippen LogP contribution in [0.2, 0.25) is 0 Å². The molecule has 2 atom stereocenters. The largest absolute Gasteiger partial charge is 0.497 e. The normalized spacial score (nSPS) is 29.3. The van der Waals surface area contributed by atoms with Crippen LogP contribution in [0, 0.1) is 5.92 Å². The van der Waals surface area contributed by atoms with Crippen molar-refractivity contribution < 1.29 is 4.74 Å². The molecule has 0 aliphatic heterocycles. The molecule has 1 aromatic rings. The Morgan fingerprint density at radius 2 is 2.13 bits per heavy atom. The lowest BCUT2D eigenvalue weighted by molar-refractivity contribution is 0.410. The molecule has 0 bridgehead atoms. The van der Waals surface area contributed by atoms with E-state index < -0.39 is 0 Å². The van der Waals surface area contributed by atoms with E-state index in [0.29, 0.717) is 12.0 Å². The molecule has 2 rings (SSSR count). The average Bonchev–Trinajstić information content (AvgIpc) is 2.92. The van der Waals surface area contributed by atoms with Crippen LogP contribution in [0.4, 0.5) is 0 Å². The number of rotatable bonds is 3. The van der Waals surface area contributed by atoms with Gasteiger partial charge in [-0.1, -0.05) is 26.0 Å². The van der Waals surface area contributed by atoms with E-state index in [0.717, 1.165) is 12.2 Å². The van der Waals surface area contributed by atoms with Gasteiger partial charge in [0.2, 0.25) is 0 Å². The van der Waals surface area contributed by atoms with Crippen molar-refractivity contribution in [1.82, 2.24) is 0 Å². The fourth-order valence-electron chi connectivity index (χ4n) is 2.55. The maximum absolute atomic E-state index is 6.09. The molecule has 82 valence electrons. The predicted molar refractivity (Wildman–Crippen MR) is 62.1 cm³/mol. The summed E-state index contributed by atoms with van der Waals surface area (Å²) >= 11 is 0. The minimum absolute atomic E-state index is 0.189. The molecule has 1 unspecified atom stereocenters. The van der Waals surface area contributed by atoms with E-state index in [4.69, 9.17) is 10.5 Å². The zero-order chi connectivity index (χ0) is 11.1. The number of methoxy groups -OCH3 is 1. The van der Waals surface area contributed by atoms with E-state index in [1.54, 1.807) is 7.11 Å². The SMILES string of the molecule is COc1cccc(C2(C(C)C)C[C@H]2N)c1. The summed E-state index contributed by atoms with van der Waals surface area (Å²) in [6.45, 7) is 4.48. The van der Waals surface area contributed by atoms with Crippen LogP contribution in [0.1, 0.15) is 25.8 Å².